The third kappa shape index (κ3) is 16.7. The molecule has 20 heteroatoms. The van der Waals surface area contributed by atoms with E-state index in [1.165, 1.54) is 230 Å². The molecule has 4 atom stereocenters. The SMILES string of the molecule is CCCCC(CC)Cc1ccc(-c2ccc(-c3ccc(-c4cc(-c5ccc(-c6ccc(-c7ccc(CC(CC)CCCC)s7)c7nsnc67)s5)c(-c5ccc(-c6ccc(-c7ccc(CC(CC)CCCC)s7)c7nsnc67)s5)cc4-c4ccc(-c5ccc(-c6ccc(CC(CC)CCCC)s6)c6nsnc56)s4)s3)c3nsnc23)s1. The molecular weight excluding hydrogens is 1630 g/mol. The van der Waals surface area contributed by atoms with E-state index in [0.29, 0.717) is 23.7 Å². The van der Waals surface area contributed by atoms with Crippen LogP contribution in [-0.4, -0.2) is 35.0 Å². The number of unbranched alkanes of at least 4 members (excludes halogenated alkanes) is 4. The van der Waals surface area contributed by atoms with Crippen molar-refractivity contribution in [3.8, 4) is 125 Å². The molecule has 0 aliphatic heterocycles. The first-order valence-corrected chi connectivity index (χ1v) is 50.5. The minimum Gasteiger partial charge on any atom is -0.172 e. The van der Waals surface area contributed by atoms with Gasteiger partial charge in [-0.25, -0.2) is 0 Å². The van der Waals surface area contributed by atoms with E-state index in [2.05, 4.69) is 213 Å². The van der Waals surface area contributed by atoms with Gasteiger partial charge in [0.25, 0.3) is 0 Å². The van der Waals surface area contributed by atoms with Crippen molar-refractivity contribution in [1.82, 2.24) is 35.0 Å². The zero-order valence-corrected chi connectivity index (χ0v) is 75.7. The summed E-state index contributed by atoms with van der Waals surface area (Å²) in [7, 11) is 0. The van der Waals surface area contributed by atoms with E-state index in [1.54, 1.807) is 0 Å². The number of hydrogen-bond acceptors (Lipinski definition) is 20. The topological polar surface area (TPSA) is 103 Å². The number of thiophene rings is 8. The zero-order chi connectivity index (χ0) is 77.8. The molecule has 17 aromatic rings. The molecule has 0 fully saturated rings. The number of aromatic nitrogens is 8. The van der Waals surface area contributed by atoms with Crippen molar-refractivity contribution in [3.05, 3.63) is 177 Å². The van der Waals surface area contributed by atoms with Crippen LogP contribution in [-0.2, 0) is 25.7 Å². The predicted molar refractivity (Wildman–Crippen MR) is 507 cm³/mol. The van der Waals surface area contributed by atoms with E-state index in [1.807, 2.05) is 90.7 Å². The Kier molecular flexibility index (Phi) is 25.4. The van der Waals surface area contributed by atoms with E-state index >= 15 is 0 Å². The number of hydrogen-bond donors (Lipinski definition) is 0. The average molecular weight is 1720 g/mol. The standard InChI is InChI=1S/C94H94N8S12/c1-9-17-21-55(13-5)49-59-25-37-75(103-59)63-29-33-67(91-87(63)95-111-99-91)79-41-45-83(107-79)71-53-73(85-47-43-81(109-85)69-35-31-65(89-93(69)101-113-97-89)77-39-27-61(105-77)51-57(15-7)23-19-11-3)74(86-48-44-82(110-86)70-36-32-66(90-94(70)102-114-98-90)78-40-28-62(106-78)52-58(16-8)24-20-12-4)54-72(71)84-46-42-80(108-84)68-34-30-64(88-92(68)100-112-96-88)76-38-26-60(104-76)50-56(14-6)22-18-10-2/h25-48,53-58H,9-24,49-52H2,1-8H3. The first kappa shape index (κ1) is 79.4. The molecule has 582 valence electrons. The molecule has 0 bridgehead atoms. The van der Waals surface area contributed by atoms with Crippen LogP contribution < -0.4 is 0 Å². The number of fused-ring (bicyclic) bond motifs is 4. The summed E-state index contributed by atoms with van der Waals surface area (Å²) in [6.07, 6.45) is 24.5. The Morgan fingerprint density at radius 1 is 0.202 bits per heavy atom. The highest BCUT2D eigenvalue weighted by Gasteiger charge is 2.28. The molecule has 12 heterocycles. The molecule has 0 saturated heterocycles. The summed E-state index contributed by atoms with van der Waals surface area (Å²) in [6.45, 7) is 18.6. The van der Waals surface area contributed by atoms with Crippen LogP contribution in [0.4, 0.5) is 0 Å². The lowest BCUT2D eigenvalue weighted by atomic mass is 9.94. The van der Waals surface area contributed by atoms with Crippen molar-refractivity contribution in [2.45, 2.75) is 184 Å². The van der Waals surface area contributed by atoms with Crippen molar-refractivity contribution in [1.29, 1.82) is 0 Å². The van der Waals surface area contributed by atoms with Crippen LogP contribution in [0.5, 0.6) is 0 Å². The van der Waals surface area contributed by atoms with Gasteiger partial charge in [-0.05, 0) is 159 Å². The van der Waals surface area contributed by atoms with Crippen molar-refractivity contribution >= 4 is 182 Å². The van der Waals surface area contributed by atoms with Gasteiger partial charge >= 0.3 is 0 Å². The zero-order valence-electron chi connectivity index (χ0n) is 65.9. The lowest BCUT2D eigenvalue weighted by Crippen LogP contribution is -2.01. The highest BCUT2D eigenvalue weighted by atomic mass is 32.1. The third-order valence-corrected chi connectivity index (χ3v) is 34.5. The molecule has 0 aliphatic rings. The Morgan fingerprint density at radius 3 is 0.544 bits per heavy atom. The Labute approximate surface area is 719 Å². The van der Waals surface area contributed by atoms with Gasteiger partial charge in [0.15, 0.2) is 0 Å². The minimum absolute atomic E-state index is 0.704. The van der Waals surface area contributed by atoms with Crippen molar-refractivity contribution < 1.29 is 0 Å². The summed E-state index contributed by atoms with van der Waals surface area (Å²) in [6, 6.07) is 60.8. The van der Waals surface area contributed by atoms with Crippen LogP contribution in [0.1, 0.15) is 178 Å². The fourth-order valence-corrected chi connectivity index (χ4v) is 27.6. The van der Waals surface area contributed by atoms with Gasteiger partial charge in [0.2, 0.25) is 0 Å². The van der Waals surface area contributed by atoms with Crippen LogP contribution >= 0.6 is 138 Å². The normalized spacial score (nSPS) is 13.1. The van der Waals surface area contributed by atoms with Gasteiger partial charge in [-0.2, -0.15) is 35.0 Å². The summed E-state index contributed by atoms with van der Waals surface area (Å²) in [4.78, 5) is 20.2. The van der Waals surface area contributed by atoms with Crippen LogP contribution in [0.25, 0.3) is 169 Å². The van der Waals surface area contributed by atoms with Crippen molar-refractivity contribution in [2.75, 3.05) is 0 Å². The Bertz CT molecular complexity index is 5390. The van der Waals surface area contributed by atoms with Crippen LogP contribution in [0.15, 0.2) is 158 Å². The monoisotopic (exact) mass is 1720 g/mol. The molecule has 114 heavy (non-hydrogen) atoms. The number of rotatable bonds is 36. The largest absolute Gasteiger partial charge is 0.172 e. The molecule has 0 radical (unpaired) electrons. The van der Waals surface area contributed by atoms with Crippen LogP contribution in [0.3, 0.4) is 0 Å². The van der Waals surface area contributed by atoms with Crippen LogP contribution in [0, 0.1) is 23.7 Å². The van der Waals surface area contributed by atoms with E-state index < -0.39 is 0 Å². The summed E-state index contributed by atoms with van der Waals surface area (Å²) in [5.74, 6) is 2.82. The first-order chi connectivity index (χ1) is 56.1. The average Bonchev–Trinajstić information content (AvgIpc) is 1.55. The third-order valence-electron chi connectivity index (χ3n) is 23.2. The van der Waals surface area contributed by atoms with Crippen LogP contribution in [0.2, 0.25) is 0 Å². The molecule has 12 aromatic heterocycles. The smallest absolute Gasteiger partial charge is 0.114 e. The maximum absolute atomic E-state index is 5.11. The highest BCUT2D eigenvalue weighted by molar-refractivity contribution is 7.21. The fourth-order valence-electron chi connectivity index (χ4n) is 16.4. The van der Waals surface area contributed by atoms with Gasteiger partial charge in [-0.15, -0.1) is 90.7 Å². The second-order valence-corrected chi connectivity index (χ2v) is 41.8. The fraction of sp³-hybridized carbons (Fsp3) is 0.340. The van der Waals surface area contributed by atoms with Gasteiger partial charge in [0, 0.05) is 145 Å². The van der Waals surface area contributed by atoms with E-state index in [4.69, 9.17) is 35.0 Å². The molecule has 17 rings (SSSR count). The van der Waals surface area contributed by atoms with Gasteiger partial charge in [0.05, 0.1) is 46.9 Å². The summed E-state index contributed by atoms with van der Waals surface area (Å²) in [5, 5.41) is 0. The van der Waals surface area contributed by atoms with E-state index in [-0.39, 0.29) is 0 Å². The maximum atomic E-state index is 5.11. The second kappa shape index (κ2) is 36.5. The lowest BCUT2D eigenvalue weighted by Gasteiger charge is -2.15. The van der Waals surface area contributed by atoms with Gasteiger partial charge in [0.1, 0.15) is 44.1 Å². The molecule has 0 saturated carbocycles. The van der Waals surface area contributed by atoms with Crippen molar-refractivity contribution in [3.63, 3.8) is 0 Å². The summed E-state index contributed by atoms with van der Waals surface area (Å²) < 4.78 is 40.7. The van der Waals surface area contributed by atoms with Gasteiger partial charge in [-0.1, -0.05) is 207 Å². The number of benzene rings is 5. The molecule has 5 aromatic carbocycles. The molecule has 0 spiro atoms. The van der Waals surface area contributed by atoms with E-state index in [0.717, 1.165) is 134 Å². The Morgan fingerprint density at radius 2 is 0.368 bits per heavy atom. The minimum atomic E-state index is 0.704. The van der Waals surface area contributed by atoms with Crippen molar-refractivity contribution in [2.24, 2.45) is 23.7 Å². The molecule has 8 nitrogen and oxygen atoms in total. The summed E-state index contributed by atoms with van der Waals surface area (Å²) in [5.41, 5.74) is 21.4. The molecule has 4 unspecified atom stereocenters. The summed E-state index contributed by atoms with van der Waals surface area (Å²) >= 11 is 20.3. The molecular formula is C94H94N8S12. The Hall–Kier alpha value is -7.02. The second-order valence-electron chi connectivity index (χ2n) is 30.6. The lowest BCUT2D eigenvalue weighted by molar-refractivity contribution is 0.452. The molecule has 0 amide bonds. The Balaban J connectivity index is 0.793. The first-order valence-electron chi connectivity index (χ1n) is 41.1. The quantitative estimate of drug-likeness (QED) is 0.0383. The van der Waals surface area contributed by atoms with Gasteiger partial charge < -0.3 is 0 Å². The highest BCUT2D eigenvalue weighted by Crippen LogP contribution is 2.54. The van der Waals surface area contributed by atoms with Gasteiger partial charge in [-0.3, -0.25) is 0 Å². The molecule has 0 N–H and O–H groups in total. The maximum Gasteiger partial charge on any atom is 0.114 e. The predicted octanol–water partition coefficient (Wildman–Crippen LogP) is 33.2. The number of nitrogens with zero attached hydrogens (tertiary/aromatic N) is 8. The van der Waals surface area contributed by atoms with E-state index in [9.17, 15) is 0 Å². The molecule has 0 aliphatic carbocycles.